The van der Waals surface area contributed by atoms with Gasteiger partial charge in [0, 0.05) is 43.4 Å². The van der Waals surface area contributed by atoms with Crippen molar-refractivity contribution in [3.05, 3.63) is 122 Å². The van der Waals surface area contributed by atoms with Crippen molar-refractivity contribution in [3.63, 3.8) is 0 Å². The molecule has 13 heteroatoms. The van der Waals surface area contributed by atoms with Gasteiger partial charge in [-0.25, -0.2) is 19.0 Å². The fourth-order valence-electron chi connectivity index (χ4n) is 6.67. The number of aryl methyl sites for hydroxylation is 1. The zero-order chi connectivity index (χ0) is 40.3. The first-order chi connectivity index (χ1) is 27.2. The van der Waals surface area contributed by atoms with Crippen molar-refractivity contribution < 1.29 is 4.74 Å². The van der Waals surface area contributed by atoms with Crippen LogP contribution in [0, 0.1) is 0 Å². The maximum atomic E-state index is 12.3. The van der Waals surface area contributed by atoms with Crippen LogP contribution in [-0.4, -0.2) is 65.9 Å². The van der Waals surface area contributed by atoms with Crippen molar-refractivity contribution in [2.24, 2.45) is 0 Å². The van der Waals surface area contributed by atoms with Crippen molar-refractivity contribution >= 4 is 23.2 Å². The van der Waals surface area contributed by atoms with Gasteiger partial charge < -0.3 is 15.0 Å². The summed E-state index contributed by atoms with van der Waals surface area (Å²) in [5, 5.41) is 8.98. The molecule has 4 heterocycles. The Kier molecular flexibility index (Phi) is 11.0. The molecule has 0 aliphatic heterocycles. The summed E-state index contributed by atoms with van der Waals surface area (Å²) in [7, 11) is 1.99. The second kappa shape index (κ2) is 16.1. The maximum absolute atomic E-state index is 12.3. The Balaban J connectivity index is 0.886. The fraction of sp³-hybridized carbons (Fsp3) is 0.364. The number of hydrogen-bond donors (Lipinski definition) is 3. The lowest BCUT2D eigenvalue weighted by Crippen LogP contribution is -2.24. The standard InChI is InChI=1S/C44H52N10O3/c1-43(2,3)32-18-14-30(15-19-32)39-46-35-27-37(55)50-53(35)41(48-39)45-24-10-26-57-34-22-12-29(13-23-34)11-8-9-25-52(7)42-49-40(47-36-28-38(56)51-54(36)42)31-16-20-33(21-17-31)44(4,5)6/h12-23,27-28H,8-11,24-26H2,1-7H3,(H,50,55)(H,51,56)(H,45,46,48). The average Bonchev–Trinajstić information content (AvgIpc) is 3.76. The van der Waals surface area contributed by atoms with Crippen LogP contribution in [-0.2, 0) is 17.3 Å². The molecule has 3 N–H and O–H groups in total. The van der Waals surface area contributed by atoms with Crippen LogP contribution in [0.1, 0.15) is 77.5 Å². The van der Waals surface area contributed by atoms with Crippen molar-refractivity contribution in [2.45, 2.75) is 78.1 Å². The Labute approximate surface area is 332 Å². The second-order valence-corrected chi connectivity index (χ2v) is 16.7. The van der Waals surface area contributed by atoms with Crippen LogP contribution in [0.3, 0.4) is 0 Å². The van der Waals surface area contributed by atoms with Gasteiger partial charge >= 0.3 is 0 Å². The minimum absolute atomic E-state index is 0.0427. The fourth-order valence-corrected chi connectivity index (χ4v) is 6.67. The predicted molar refractivity (Wildman–Crippen MR) is 227 cm³/mol. The molecule has 4 aromatic heterocycles. The number of aromatic amines is 2. The van der Waals surface area contributed by atoms with E-state index in [1.165, 1.54) is 28.8 Å². The molecular formula is C44H52N10O3. The molecule has 0 amide bonds. The van der Waals surface area contributed by atoms with Crippen molar-refractivity contribution in [1.82, 2.24) is 39.2 Å². The van der Waals surface area contributed by atoms with E-state index in [4.69, 9.17) is 14.7 Å². The van der Waals surface area contributed by atoms with E-state index in [1.807, 2.05) is 43.4 Å². The average molecular weight is 769 g/mol. The highest BCUT2D eigenvalue weighted by Crippen LogP contribution is 2.27. The molecule has 0 spiro atoms. The van der Waals surface area contributed by atoms with Gasteiger partial charge in [-0.1, -0.05) is 102 Å². The highest BCUT2D eigenvalue weighted by Gasteiger charge is 2.18. The summed E-state index contributed by atoms with van der Waals surface area (Å²) in [4.78, 5) is 45.4. The van der Waals surface area contributed by atoms with Gasteiger partial charge in [0.25, 0.3) is 11.1 Å². The third-order valence-electron chi connectivity index (χ3n) is 10.1. The molecule has 0 saturated heterocycles. The van der Waals surface area contributed by atoms with Crippen LogP contribution in [0.5, 0.6) is 5.75 Å². The number of aromatic nitrogens is 8. The van der Waals surface area contributed by atoms with Crippen LogP contribution in [0.25, 0.3) is 34.1 Å². The van der Waals surface area contributed by atoms with E-state index in [-0.39, 0.29) is 21.9 Å². The Bertz CT molecular complexity index is 2570. The molecule has 7 aromatic rings. The lowest BCUT2D eigenvalue weighted by Gasteiger charge is -2.20. The Morgan fingerprint density at radius 2 is 1.21 bits per heavy atom. The van der Waals surface area contributed by atoms with Gasteiger partial charge in [0.05, 0.1) is 6.61 Å². The number of anilines is 2. The molecule has 0 radical (unpaired) electrons. The number of hydrogen-bond acceptors (Lipinski definition) is 9. The van der Waals surface area contributed by atoms with Gasteiger partial charge in [0.15, 0.2) is 22.9 Å². The Hall–Kier alpha value is -6.24. The Morgan fingerprint density at radius 1 is 0.667 bits per heavy atom. The molecular weight excluding hydrogens is 717 g/mol. The quantitative estimate of drug-likeness (QED) is 0.0961. The third-order valence-corrected chi connectivity index (χ3v) is 10.1. The molecule has 0 aliphatic carbocycles. The summed E-state index contributed by atoms with van der Waals surface area (Å²) in [5.41, 5.74) is 6.18. The number of unbranched alkanes of at least 4 members (excludes halogenated alkanes) is 1. The zero-order valence-corrected chi connectivity index (χ0v) is 33.9. The van der Waals surface area contributed by atoms with Crippen LogP contribution < -0.4 is 26.1 Å². The van der Waals surface area contributed by atoms with E-state index < -0.39 is 0 Å². The number of benzene rings is 3. The molecule has 3 aromatic carbocycles. The third kappa shape index (κ3) is 9.25. The summed E-state index contributed by atoms with van der Waals surface area (Å²) in [6.45, 7) is 15.0. The van der Waals surface area contributed by atoms with Crippen LogP contribution in [0.15, 0.2) is 94.5 Å². The first-order valence-corrected chi connectivity index (χ1v) is 19.6. The summed E-state index contributed by atoms with van der Waals surface area (Å²) in [6, 6.07) is 27.8. The van der Waals surface area contributed by atoms with E-state index in [0.717, 1.165) is 49.1 Å². The minimum Gasteiger partial charge on any atom is -0.494 e. The van der Waals surface area contributed by atoms with Gasteiger partial charge in [-0.2, -0.15) is 9.97 Å². The highest BCUT2D eigenvalue weighted by molar-refractivity contribution is 5.62. The maximum Gasteiger partial charge on any atom is 0.266 e. The molecule has 0 atom stereocenters. The number of nitrogens with one attached hydrogen (secondary N) is 3. The number of nitrogens with zero attached hydrogens (tertiary/aromatic N) is 7. The molecule has 0 fully saturated rings. The van der Waals surface area contributed by atoms with Crippen molar-refractivity contribution in [1.29, 1.82) is 0 Å². The number of H-pyrrole nitrogens is 2. The minimum atomic E-state index is -0.238. The van der Waals surface area contributed by atoms with E-state index in [2.05, 4.69) is 108 Å². The van der Waals surface area contributed by atoms with E-state index in [9.17, 15) is 9.59 Å². The first-order valence-electron chi connectivity index (χ1n) is 19.6. The van der Waals surface area contributed by atoms with Gasteiger partial charge in [-0.3, -0.25) is 19.8 Å². The molecule has 57 heavy (non-hydrogen) atoms. The number of rotatable bonds is 14. The molecule has 0 saturated carbocycles. The molecule has 13 nitrogen and oxygen atoms in total. The van der Waals surface area contributed by atoms with Gasteiger partial charge in [0.2, 0.25) is 11.9 Å². The van der Waals surface area contributed by atoms with Gasteiger partial charge in [-0.15, -0.1) is 0 Å². The molecule has 0 bridgehead atoms. The van der Waals surface area contributed by atoms with E-state index in [1.54, 1.807) is 9.03 Å². The summed E-state index contributed by atoms with van der Waals surface area (Å²) >= 11 is 0. The second-order valence-electron chi connectivity index (χ2n) is 16.7. The molecule has 7 rings (SSSR count). The first kappa shape index (κ1) is 39.0. The largest absolute Gasteiger partial charge is 0.494 e. The lowest BCUT2D eigenvalue weighted by atomic mass is 9.86. The highest BCUT2D eigenvalue weighted by atomic mass is 16.5. The number of ether oxygens (including phenoxy) is 1. The number of fused-ring (bicyclic) bond motifs is 2. The monoisotopic (exact) mass is 768 g/mol. The predicted octanol–water partition coefficient (Wildman–Crippen LogP) is 7.42. The molecule has 0 aliphatic rings. The normalized spacial score (nSPS) is 12.1. The van der Waals surface area contributed by atoms with Crippen LogP contribution >= 0.6 is 0 Å². The lowest BCUT2D eigenvalue weighted by molar-refractivity contribution is 0.315. The van der Waals surface area contributed by atoms with Crippen LogP contribution in [0.2, 0.25) is 0 Å². The van der Waals surface area contributed by atoms with E-state index in [0.29, 0.717) is 48.0 Å². The SMILES string of the molecule is CN(CCCCc1ccc(OCCCNc2nc(-c3ccc(C(C)(C)C)cc3)nc3cc(=O)[nH]n23)cc1)c1nc(-c2ccc(C(C)(C)C)cc2)nc2cc(=O)[nH]n12. The topological polar surface area (TPSA) is 151 Å². The Morgan fingerprint density at radius 3 is 1.79 bits per heavy atom. The zero-order valence-electron chi connectivity index (χ0n) is 33.9. The van der Waals surface area contributed by atoms with Gasteiger partial charge in [0.1, 0.15) is 5.75 Å². The summed E-state index contributed by atoms with van der Waals surface area (Å²) in [5.74, 6) is 3.11. The smallest absolute Gasteiger partial charge is 0.266 e. The molecule has 0 unspecified atom stereocenters. The summed E-state index contributed by atoms with van der Waals surface area (Å²) < 4.78 is 9.28. The van der Waals surface area contributed by atoms with Crippen molar-refractivity contribution in [2.75, 3.05) is 37.0 Å². The van der Waals surface area contributed by atoms with Gasteiger partial charge in [-0.05, 0) is 65.3 Å². The summed E-state index contributed by atoms with van der Waals surface area (Å²) in [6.07, 6.45) is 3.58. The van der Waals surface area contributed by atoms with Crippen LogP contribution in [0.4, 0.5) is 11.9 Å². The van der Waals surface area contributed by atoms with E-state index >= 15 is 0 Å². The molecule has 296 valence electrons. The van der Waals surface area contributed by atoms with Crippen molar-refractivity contribution in [3.8, 4) is 28.5 Å².